The maximum atomic E-state index is 13.2. The zero-order valence-electron chi connectivity index (χ0n) is 20.1. The van der Waals surface area contributed by atoms with Crippen LogP contribution in [0.25, 0.3) is 22.2 Å². The molecule has 202 valence electrons. The van der Waals surface area contributed by atoms with Gasteiger partial charge in [-0.1, -0.05) is 65.7 Å². The Kier molecular flexibility index (Phi) is 6.94. The predicted octanol–water partition coefficient (Wildman–Crippen LogP) is 6.51. The van der Waals surface area contributed by atoms with E-state index in [1.165, 1.54) is 17.0 Å². The second-order valence-corrected chi connectivity index (χ2v) is 10.1. The van der Waals surface area contributed by atoms with Crippen LogP contribution in [0.5, 0.6) is 0 Å². The average Bonchev–Trinajstić information content (AvgIpc) is 3.24. The summed E-state index contributed by atoms with van der Waals surface area (Å²) in [6.07, 6.45) is -4.12. The molecule has 0 spiro atoms. The monoisotopic (exact) mass is 576 g/mol. The van der Waals surface area contributed by atoms with E-state index in [1.807, 2.05) is 0 Å². The number of carbonyl (C=O) groups excluding carboxylic acids is 2. The second-order valence-electron chi connectivity index (χ2n) is 9.30. The molecule has 0 saturated carbocycles. The van der Waals surface area contributed by atoms with Crippen LogP contribution in [-0.4, -0.2) is 39.0 Å². The largest absolute Gasteiger partial charge is 0.454 e. The predicted molar refractivity (Wildman–Crippen MR) is 142 cm³/mol. The van der Waals surface area contributed by atoms with Gasteiger partial charge < -0.3 is 15.6 Å². The molecule has 2 amide bonds. The number of para-hydroxylation sites is 1. The molecule has 3 N–H and O–H groups in total. The Morgan fingerprint density at radius 3 is 2.36 bits per heavy atom. The summed E-state index contributed by atoms with van der Waals surface area (Å²) in [6, 6.07) is 14.0. The molecule has 1 aromatic heterocycles. The van der Waals surface area contributed by atoms with E-state index in [-0.39, 0.29) is 11.7 Å². The maximum Gasteiger partial charge on any atom is 0.454 e. The van der Waals surface area contributed by atoms with Gasteiger partial charge in [-0.05, 0) is 42.2 Å². The molecule has 1 fully saturated rings. The third kappa shape index (κ3) is 5.02. The molecule has 2 atom stereocenters. The molecule has 4 aromatic rings. The van der Waals surface area contributed by atoms with E-state index >= 15 is 0 Å². The Hall–Kier alpha value is -3.76. The fourth-order valence-corrected chi connectivity index (χ4v) is 5.50. The first-order valence-electron chi connectivity index (χ1n) is 11.9. The summed E-state index contributed by atoms with van der Waals surface area (Å²) in [5, 5.41) is 0.701. The second kappa shape index (κ2) is 10.1. The molecule has 1 aliphatic rings. The number of likely N-dealkylation sites (tertiary alicyclic amines) is 1. The number of urea groups is 1. The number of H-pyrrole nitrogens is 1. The smallest absolute Gasteiger partial charge is 0.351 e. The summed E-state index contributed by atoms with van der Waals surface area (Å²) in [7, 11) is 0. The lowest BCUT2D eigenvalue weighted by atomic mass is 9.91. The van der Waals surface area contributed by atoms with Crippen molar-refractivity contribution in [3.05, 3.63) is 92.3 Å². The molecule has 2 unspecified atom stereocenters. The zero-order valence-corrected chi connectivity index (χ0v) is 21.6. The number of amides is 2. The number of carbonyl (C=O) groups is 2. The van der Waals surface area contributed by atoms with Gasteiger partial charge in [-0.3, -0.25) is 9.36 Å². The molecular formula is C27H21Cl2F3N4O3. The quantitative estimate of drug-likeness (QED) is 0.271. The highest BCUT2D eigenvalue weighted by atomic mass is 35.5. The minimum Gasteiger partial charge on any atom is -0.351 e. The Bertz CT molecular complexity index is 1650. The number of nitrogens with one attached hydrogen (secondary N) is 1. The van der Waals surface area contributed by atoms with Gasteiger partial charge in [-0.25, -0.2) is 9.59 Å². The minimum atomic E-state index is -4.97. The molecule has 12 heteroatoms. The lowest BCUT2D eigenvalue weighted by Gasteiger charge is -2.39. The van der Waals surface area contributed by atoms with Gasteiger partial charge in [0.1, 0.15) is 0 Å². The van der Waals surface area contributed by atoms with Gasteiger partial charge in [0.05, 0.1) is 27.1 Å². The fraction of sp³-hybridized carbons (Fsp3) is 0.222. The number of hydrogen-bond acceptors (Lipinski definition) is 3. The van der Waals surface area contributed by atoms with Crippen molar-refractivity contribution in [2.24, 2.45) is 5.73 Å². The normalized spacial score (nSPS) is 17.9. The number of ketones is 1. The van der Waals surface area contributed by atoms with E-state index < -0.39 is 29.6 Å². The number of alkyl halides is 3. The molecule has 5 rings (SSSR count). The lowest BCUT2D eigenvalue weighted by Crippen LogP contribution is -2.45. The zero-order chi connectivity index (χ0) is 28.1. The van der Waals surface area contributed by atoms with Crippen LogP contribution in [0, 0.1) is 0 Å². The highest BCUT2D eigenvalue weighted by molar-refractivity contribution is 6.42. The maximum absolute atomic E-state index is 13.2. The number of Topliss-reactive ketones (excluding diaryl/α,β-unsaturated/α-hetero) is 1. The van der Waals surface area contributed by atoms with Crippen LogP contribution in [0.15, 0.2) is 65.5 Å². The average molecular weight is 577 g/mol. The molecule has 1 saturated heterocycles. The van der Waals surface area contributed by atoms with Gasteiger partial charge in [-0.2, -0.15) is 13.2 Å². The summed E-state index contributed by atoms with van der Waals surface area (Å²) >= 11 is 12.3. The Balaban J connectivity index is 1.52. The first kappa shape index (κ1) is 26.8. The van der Waals surface area contributed by atoms with Crippen LogP contribution in [0.4, 0.5) is 18.0 Å². The Labute approximate surface area is 229 Å². The number of halogens is 5. The van der Waals surface area contributed by atoms with E-state index in [9.17, 15) is 27.6 Å². The molecule has 3 aromatic carbocycles. The van der Waals surface area contributed by atoms with E-state index in [0.29, 0.717) is 51.6 Å². The highest BCUT2D eigenvalue weighted by Gasteiger charge is 2.39. The summed E-state index contributed by atoms with van der Waals surface area (Å²) in [6.45, 7) is 0.304. The van der Waals surface area contributed by atoms with Crippen molar-refractivity contribution in [3.8, 4) is 11.1 Å². The SMILES string of the molecule is NC(=O)N1CCC(n2c(=O)[nH]c3c(-c4ccc(C(=O)C(F)(F)F)cc4)cccc32)CC1c1ccc(Cl)c(Cl)c1. The summed E-state index contributed by atoms with van der Waals surface area (Å²) in [5.74, 6) is -1.93. The number of piperidine rings is 1. The summed E-state index contributed by atoms with van der Waals surface area (Å²) in [5.41, 5.74) is 7.76. The number of rotatable bonds is 4. The molecular weight excluding hydrogens is 556 g/mol. The standard InChI is InChI=1S/C27H21Cl2F3N4O3/c28-19-9-8-16(12-20(19)29)22-13-17(10-11-35(22)25(33)38)36-21-3-1-2-18(23(21)34-26(36)39)14-4-6-15(7-5-14)24(37)27(30,31)32/h1-9,12,17,22H,10-11,13H2,(H2,33,38)(H,34,39). The molecule has 7 nitrogen and oxygen atoms in total. The van der Waals surface area contributed by atoms with Crippen molar-refractivity contribution in [2.45, 2.75) is 31.1 Å². The number of benzene rings is 3. The van der Waals surface area contributed by atoms with Gasteiger partial charge in [0.25, 0.3) is 5.78 Å². The van der Waals surface area contributed by atoms with Crippen molar-refractivity contribution >= 4 is 46.0 Å². The number of nitrogens with two attached hydrogens (primary N) is 1. The van der Waals surface area contributed by atoms with Crippen LogP contribution < -0.4 is 11.4 Å². The van der Waals surface area contributed by atoms with Crippen molar-refractivity contribution in [1.82, 2.24) is 14.5 Å². The molecule has 0 bridgehead atoms. The summed E-state index contributed by atoms with van der Waals surface area (Å²) in [4.78, 5) is 41.4. The fourth-order valence-electron chi connectivity index (χ4n) is 5.20. The van der Waals surface area contributed by atoms with Crippen LogP contribution >= 0.6 is 23.2 Å². The van der Waals surface area contributed by atoms with Crippen molar-refractivity contribution in [3.63, 3.8) is 0 Å². The van der Waals surface area contributed by atoms with Gasteiger partial charge in [0.2, 0.25) is 0 Å². The van der Waals surface area contributed by atoms with E-state index in [0.717, 1.165) is 17.7 Å². The van der Waals surface area contributed by atoms with Crippen molar-refractivity contribution in [1.29, 1.82) is 0 Å². The van der Waals surface area contributed by atoms with Crippen molar-refractivity contribution < 1.29 is 22.8 Å². The van der Waals surface area contributed by atoms with Crippen LogP contribution in [0.3, 0.4) is 0 Å². The van der Waals surface area contributed by atoms with Gasteiger partial charge in [-0.15, -0.1) is 0 Å². The van der Waals surface area contributed by atoms with Crippen LogP contribution in [0.2, 0.25) is 10.0 Å². The molecule has 1 aliphatic heterocycles. The molecule has 0 radical (unpaired) electrons. The topological polar surface area (TPSA) is 101 Å². The highest BCUT2D eigenvalue weighted by Crippen LogP contribution is 2.39. The van der Waals surface area contributed by atoms with E-state index in [4.69, 9.17) is 28.9 Å². The molecule has 2 heterocycles. The first-order chi connectivity index (χ1) is 18.5. The van der Waals surface area contributed by atoms with Crippen molar-refractivity contribution in [2.75, 3.05) is 6.54 Å². The molecule has 39 heavy (non-hydrogen) atoms. The van der Waals surface area contributed by atoms with Crippen LogP contribution in [0.1, 0.15) is 40.8 Å². The minimum absolute atomic E-state index is 0.302. The number of primary amides is 1. The number of imidazole rings is 1. The van der Waals surface area contributed by atoms with Gasteiger partial charge in [0.15, 0.2) is 0 Å². The van der Waals surface area contributed by atoms with E-state index in [1.54, 1.807) is 41.0 Å². The Morgan fingerprint density at radius 1 is 1.00 bits per heavy atom. The van der Waals surface area contributed by atoms with Gasteiger partial charge >= 0.3 is 17.9 Å². The van der Waals surface area contributed by atoms with Crippen LogP contribution in [-0.2, 0) is 0 Å². The number of nitrogens with zero attached hydrogens (tertiary/aromatic N) is 2. The number of aromatic nitrogens is 2. The summed E-state index contributed by atoms with van der Waals surface area (Å²) < 4.78 is 40.0. The number of aromatic amines is 1. The number of fused-ring (bicyclic) bond motifs is 1. The van der Waals surface area contributed by atoms with Gasteiger partial charge in [0, 0.05) is 23.7 Å². The van der Waals surface area contributed by atoms with E-state index in [2.05, 4.69) is 4.98 Å². The third-order valence-corrected chi connectivity index (χ3v) is 7.76. The Morgan fingerprint density at radius 2 is 1.72 bits per heavy atom. The first-order valence-corrected chi connectivity index (χ1v) is 12.7. The molecule has 0 aliphatic carbocycles. The third-order valence-electron chi connectivity index (χ3n) is 7.02. The number of hydrogen-bond donors (Lipinski definition) is 2. The lowest BCUT2D eigenvalue weighted by molar-refractivity contribution is -0.0885.